The zero-order valence-electron chi connectivity index (χ0n) is 13.2. The molecule has 0 aromatic heterocycles. The molecule has 116 valence electrons. The molecule has 0 aliphatic rings. The van der Waals surface area contributed by atoms with Gasteiger partial charge in [-0.1, -0.05) is 37.8 Å². The molecule has 1 aromatic carbocycles. The number of hydrogen-bond acceptors (Lipinski definition) is 3. The largest absolute Gasteiger partial charge is 0.405 e. The fourth-order valence-corrected chi connectivity index (χ4v) is 3.06. The normalized spacial score (nSPS) is 11.0. The second kappa shape index (κ2) is 9.79. The maximum absolute atomic E-state index is 12.2. The van der Waals surface area contributed by atoms with Gasteiger partial charge in [-0.05, 0) is 44.4 Å². The Morgan fingerprint density at radius 1 is 1.00 bits per heavy atom. The van der Waals surface area contributed by atoms with Crippen LogP contribution in [0.25, 0.3) is 0 Å². The Kier molecular flexibility index (Phi) is 8.38. The van der Waals surface area contributed by atoms with Crippen molar-refractivity contribution in [3.05, 3.63) is 35.4 Å². The van der Waals surface area contributed by atoms with Crippen molar-refractivity contribution in [1.82, 2.24) is 0 Å². The summed E-state index contributed by atoms with van der Waals surface area (Å²) in [7, 11) is -3.28. The fourth-order valence-electron chi connectivity index (χ4n) is 1.91. The van der Waals surface area contributed by atoms with Crippen molar-refractivity contribution in [2.75, 3.05) is 13.2 Å². The summed E-state index contributed by atoms with van der Waals surface area (Å²) in [5.41, 5.74) is 4.79. The highest BCUT2D eigenvalue weighted by atomic mass is 31.2. The molecular formula is C17H25O3P. The maximum Gasteiger partial charge on any atom is 0.405 e. The third-order valence-corrected chi connectivity index (χ3v) is 4.54. The van der Waals surface area contributed by atoms with Gasteiger partial charge >= 0.3 is 7.60 Å². The van der Waals surface area contributed by atoms with Crippen LogP contribution in [0.1, 0.15) is 51.2 Å². The quantitative estimate of drug-likeness (QED) is 0.385. The standard InChI is InChI=1S/C17H25O3P/c1-4-7-8-9-16-10-12-17(13-11-16)14-15-21(18,19-5-2)20-6-3/h10-13H,4-9H2,1-3H3. The number of hydrogen-bond donors (Lipinski definition) is 0. The number of aryl methyl sites for hydroxylation is 1. The molecule has 21 heavy (non-hydrogen) atoms. The summed E-state index contributed by atoms with van der Waals surface area (Å²) < 4.78 is 22.5. The van der Waals surface area contributed by atoms with E-state index in [0.717, 1.165) is 12.0 Å². The third-order valence-electron chi connectivity index (χ3n) is 2.96. The molecule has 0 heterocycles. The van der Waals surface area contributed by atoms with Crippen LogP contribution < -0.4 is 0 Å². The molecule has 0 amide bonds. The second-order valence-corrected chi connectivity index (χ2v) is 6.46. The minimum Gasteiger partial charge on any atom is -0.300 e. The van der Waals surface area contributed by atoms with Gasteiger partial charge in [-0.15, -0.1) is 0 Å². The average Bonchev–Trinajstić information content (AvgIpc) is 2.47. The third kappa shape index (κ3) is 6.96. The predicted octanol–water partition coefficient (Wildman–Crippen LogP) is 4.99. The number of benzene rings is 1. The Hall–Kier alpha value is -1.07. The molecule has 0 saturated carbocycles. The Balaban J connectivity index is 2.70. The van der Waals surface area contributed by atoms with E-state index in [4.69, 9.17) is 9.05 Å². The summed E-state index contributed by atoms with van der Waals surface area (Å²) in [6.07, 6.45) is 4.80. The second-order valence-electron chi connectivity index (χ2n) is 4.72. The van der Waals surface area contributed by atoms with Crippen molar-refractivity contribution >= 4 is 7.60 Å². The molecule has 0 N–H and O–H groups in total. The van der Waals surface area contributed by atoms with Gasteiger partial charge < -0.3 is 0 Å². The van der Waals surface area contributed by atoms with Crippen LogP contribution in [-0.2, 0) is 20.0 Å². The highest BCUT2D eigenvalue weighted by molar-refractivity contribution is 7.59. The van der Waals surface area contributed by atoms with Crippen LogP contribution in [-0.4, -0.2) is 13.2 Å². The molecule has 0 aliphatic carbocycles. The summed E-state index contributed by atoms with van der Waals surface area (Å²) >= 11 is 0. The van der Waals surface area contributed by atoms with Crippen LogP contribution in [0.2, 0.25) is 0 Å². The lowest BCUT2D eigenvalue weighted by atomic mass is 10.1. The Morgan fingerprint density at radius 2 is 1.62 bits per heavy atom. The molecule has 1 aromatic rings. The number of unbranched alkanes of at least 4 members (excludes halogenated alkanes) is 2. The molecule has 0 bridgehead atoms. The van der Waals surface area contributed by atoms with Gasteiger partial charge in [0.2, 0.25) is 0 Å². The first-order valence-corrected chi connectivity index (χ1v) is 9.19. The molecule has 0 atom stereocenters. The van der Waals surface area contributed by atoms with Gasteiger partial charge in [0.15, 0.2) is 0 Å². The van der Waals surface area contributed by atoms with Gasteiger partial charge in [0.25, 0.3) is 0 Å². The lowest BCUT2D eigenvalue weighted by Crippen LogP contribution is -1.93. The smallest absolute Gasteiger partial charge is 0.300 e. The van der Waals surface area contributed by atoms with E-state index in [2.05, 4.69) is 30.6 Å². The van der Waals surface area contributed by atoms with Crippen LogP contribution in [0.15, 0.2) is 24.3 Å². The monoisotopic (exact) mass is 308 g/mol. The summed E-state index contributed by atoms with van der Waals surface area (Å²) in [6.45, 7) is 6.40. The summed E-state index contributed by atoms with van der Waals surface area (Å²) in [4.78, 5) is 0. The first kappa shape index (κ1) is 18.0. The lowest BCUT2D eigenvalue weighted by Gasteiger charge is -2.09. The predicted molar refractivity (Wildman–Crippen MR) is 87.4 cm³/mol. The molecule has 4 heteroatoms. The highest BCUT2D eigenvalue weighted by Gasteiger charge is 2.19. The molecule has 0 spiro atoms. The molecular weight excluding hydrogens is 283 g/mol. The van der Waals surface area contributed by atoms with Gasteiger partial charge in [0.1, 0.15) is 0 Å². The summed E-state index contributed by atoms with van der Waals surface area (Å²) in [6, 6.07) is 8.06. The number of rotatable bonds is 8. The van der Waals surface area contributed by atoms with E-state index in [1.807, 2.05) is 12.1 Å². The molecule has 0 saturated heterocycles. The van der Waals surface area contributed by atoms with Crippen LogP contribution in [0.5, 0.6) is 0 Å². The maximum atomic E-state index is 12.2. The Bertz CT molecular complexity index is 501. The summed E-state index contributed by atoms with van der Waals surface area (Å²) in [5, 5.41) is 0. The van der Waals surface area contributed by atoms with Crippen molar-refractivity contribution in [3.63, 3.8) is 0 Å². The van der Waals surface area contributed by atoms with Crippen LogP contribution in [0.3, 0.4) is 0 Å². The molecule has 0 radical (unpaired) electrons. The molecule has 3 nitrogen and oxygen atoms in total. The van der Waals surface area contributed by atoms with Gasteiger partial charge in [0.05, 0.1) is 13.2 Å². The van der Waals surface area contributed by atoms with Crippen molar-refractivity contribution in [2.24, 2.45) is 0 Å². The van der Waals surface area contributed by atoms with E-state index in [1.54, 1.807) is 13.8 Å². The van der Waals surface area contributed by atoms with Crippen molar-refractivity contribution < 1.29 is 13.6 Å². The SMILES string of the molecule is CCCCCc1ccc(C#CP(=O)(OCC)OCC)cc1. The van der Waals surface area contributed by atoms with Crippen molar-refractivity contribution in [2.45, 2.75) is 46.5 Å². The zero-order valence-corrected chi connectivity index (χ0v) is 14.1. The zero-order chi connectivity index (χ0) is 15.6. The van der Waals surface area contributed by atoms with Crippen molar-refractivity contribution in [1.29, 1.82) is 0 Å². The molecule has 0 unspecified atom stereocenters. The minimum atomic E-state index is -3.28. The molecule has 0 fully saturated rings. The fraction of sp³-hybridized carbons (Fsp3) is 0.529. The van der Waals surface area contributed by atoms with Gasteiger partial charge in [0, 0.05) is 11.2 Å². The topological polar surface area (TPSA) is 35.5 Å². The average molecular weight is 308 g/mol. The van der Waals surface area contributed by atoms with Crippen LogP contribution in [0.4, 0.5) is 0 Å². The summed E-state index contributed by atoms with van der Waals surface area (Å²) in [5.74, 6) is 2.89. The van der Waals surface area contributed by atoms with Gasteiger partial charge in [-0.3, -0.25) is 9.05 Å². The van der Waals surface area contributed by atoms with E-state index in [9.17, 15) is 4.57 Å². The van der Waals surface area contributed by atoms with Gasteiger partial charge in [-0.25, -0.2) is 4.57 Å². The van der Waals surface area contributed by atoms with E-state index in [1.165, 1.54) is 24.8 Å². The first-order valence-electron chi connectivity index (χ1n) is 7.64. The van der Waals surface area contributed by atoms with E-state index in [0.29, 0.717) is 13.2 Å². The minimum absolute atomic E-state index is 0.322. The van der Waals surface area contributed by atoms with E-state index >= 15 is 0 Å². The van der Waals surface area contributed by atoms with Crippen LogP contribution >= 0.6 is 7.60 Å². The molecule has 0 aliphatic heterocycles. The van der Waals surface area contributed by atoms with Crippen LogP contribution in [0, 0.1) is 11.6 Å². The Morgan fingerprint density at radius 3 is 2.14 bits per heavy atom. The lowest BCUT2D eigenvalue weighted by molar-refractivity contribution is 0.230. The van der Waals surface area contributed by atoms with Crippen molar-refractivity contribution in [3.8, 4) is 11.6 Å². The van der Waals surface area contributed by atoms with Gasteiger partial charge in [-0.2, -0.15) is 0 Å². The van der Waals surface area contributed by atoms with E-state index < -0.39 is 7.60 Å². The molecule has 1 rings (SSSR count). The first-order chi connectivity index (χ1) is 10.1. The Labute approximate surface area is 128 Å². The highest BCUT2D eigenvalue weighted by Crippen LogP contribution is 2.46. The van der Waals surface area contributed by atoms with E-state index in [-0.39, 0.29) is 0 Å².